The summed E-state index contributed by atoms with van der Waals surface area (Å²) in [6, 6.07) is 0. The topological polar surface area (TPSA) is 112 Å². The van der Waals surface area contributed by atoms with Crippen LogP contribution in [0.5, 0.6) is 0 Å². The van der Waals surface area contributed by atoms with E-state index < -0.39 is 97.4 Å². The summed E-state index contributed by atoms with van der Waals surface area (Å²) in [6.07, 6.45) is -36.1. The van der Waals surface area contributed by atoms with Crippen LogP contribution in [-0.2, 0) is 27.2 Å². The molecule has 250 valence electrons. The van der Waals surface area contributed by atoms with Gasteiger partial charge in [0.1, 0.15) is 19.1 Å². The zero-order valence-electron chi connectivity index (χ0n) is 18.7. The summed E-state index contributed by atoms with van der Waals surface area (Å²) in [5.41, 5.74) is 0. The number of rotatable bonds is 13. The molecule has 28 heteroatoms. The second-order valence-corrected chi connectivity index (χ2v) is 9.79. The van der Waals surface area contributed by atoms with Crippen molar-refractivity contribution in [2.75, 3.05) is 19.8 Å². The fourth-order valence-corrected chi connectivity index (χ4v) is 3.32. The maximum Gasteiger partial charge on any atom is 0.472 e. The molecule has 2 unspecified atom stereocenters. The number of phosphoric acid groups is 2. The summed E-state index contributed by atoms with van der Waals surface area (Å²) in [5, 5.41) is 0. The summed E-state index contributed by atoms with van der Waals surface area (Å²) in [4.78, 5) is 17.2. The Bertz CT molecular complexity index is 862. The molecule has 0 aromatic heterocycles. The van der Waals surface area contributed by atoms with Crippen LogP contribution in [-0.4, -0.2) is 78.7 Å². The van der Waals surface area contributed by atoms with Gasteiger partial charge in [0.05, 0.1) is 6.42 Å². The first kappa shape index (κ1) is 42.1. The third-order valence-corrected chi connectivity index (χ3v) is 5.05. The third-order valence-electron chi connectivity index (χ3n) is 3.14. The van der Waals surface area contributed by atoms with Crippen LogP contribution < -0.4 is 0 Å². The highest BCUT2D eigenvalue weighted by Gasteiger charge is 2.67. The van der Waals surface area contributed by atoms with E-state index in [0.29, 0.717) is 0 Å². The average molecular weight is 702 g/mol. The van der Waals surface area contributed by atoms with Gasteiger partial charge in [0, 0.05) is 0 Å². The van der Waals surface area contributed by atoms with Crippen molar-refractivity contribution in [3.05, 3.63) is 0 Å². The zero-order valence-corrected chi connectivity index (χ0v) is 20.5. The molecule has 2 atom stereocenters. The molecule has 0 aliphatic rings. The summed E-state index contributed by atoms with van der Waals surface area (Å²) in [5.74, 6) is -12.5. The first-order valence-corrected chi connectivity index (χ1v) is 12.2. The fraction of sp³-hybridized carbons (Fsp3) is 1.00. The highest BCUT2D eigenvalue weighted by Crippen LogP contribution is 2.53. The molecule has 0 radical (unpaired) electrons. The summed E-state index contributed by atoms with van der Waals surface area (Å²) < 4.78 is 253. The highest BCUT2D eigenvalue weighted by atomic mass is 31.2. The standard InChI is InChI=1S/C9H9F12O4P.C4H5F6O4P/c10-5(11)2-24-26(22,23)25-4(1-7(14,15)16)9(20,21)6(12,13)3-8(17,18)19;5-3(6,7)1-13-15(11,12)14-2-4(8,9)10/h4-5H,1-3H2,(H,22,23);1-2H2,(H,11,12). The Morgan fingerprint density at radius 3 is 1.27 bits per heavy atom. The Hall–Kier alpha value is -1.04. The Morgan fingerprint density at radius 2 is 0.976 bits per heavy atom. The van der Waals surface area contributed by atoms with Crippen LogP contribution in [0.3, 0.4) is 0 Å². The van der Waals surface area contributed by atoms with E-state index >= 15 is 0 Å². The predicted octanol–water partition coefficient (Wildman–Crippen LogP) is 7.17. The van der Waals surface area contributed by atoms with Crippen molar-refractivity contribution in [1.29, 1.82) is 0 Å². The molecule has 0 aliphatic carbocycles. The maximum absolute atomic E-state index is 13.5. The van der Waals surface area contributed by atoms with E-state index in [2.05, 4.69) is 18.1 Å². The van der Waals surface area contributed by atoms with Gasteiger partial charge >= 0.3 is 52.2 Å². The van der Waals surface area contributed by atoms with Crippen LogP contribution in [0.15, 0.2) is 0 Å². The second-order valence-electron chi connectivity index (χ2n) is 6.93. The lowest BCUT2D eigenvalue weighted by atomic mass is 10.00. The fourth-order valence-electron chi connectivity index (χ4n) is 1.74. The molecule has 0 fully saturated rings. The van der Waals surface area contributed by atoms with Crippen molar-refractivity contribution >= 4 is 15.6 Å². The molecule has 0 aromatic rings. The molecule has 0 saturated carbocycles. The van der Waals surface area contributed by atoms with Crippen LogP contribution in [0.25, 0.3) is 0 Å². The Kier molecular flexibility index (Phi) is 15.0. The monoisotopic (exact) mass is 702 g/mol. The van der Waals surface area contributed by atoms with Gasteiger partial charge < -0.3 is 9.79 Å². The van der Waals surface area contributed by atoms with E-state index in [4.69, 9.17) is 9.79 Å². The average Bonchev–Trinajstić information content (AvgIpc) is 2.65. The molecular formula is C13H14F18O8P2. The van der Waals surface area contributed by atoms with E-state index in [1.165, 1.54) is 0 Å². The molecule has 8 nitrogen and oxygen atoms in total. The molecule has 0 aliphatic heterocycles. The largest absolute Gasteiger partial charge is 0.472 e. The lowest BCUT2D eigenvalue weighted by molar-refractivity contribution is -0.298. The number of phosphoric ester groups is 2. The molecule has 0 rings (SSSR count). The molecule has 0 heterocycles. The van der Waals surface area contributed by atoms with E-state index in [-0.39, 0.29) is 0 Å². The minimum absolute atomic E-state index is 2.02. The Labute approximate surface area is 214 Å². The van der Waals surface area contributed by atoms with Crippen molar-refractivity contribution in [3.8, 4) is 0 Å². The summed E-state index contributed by atoms with van der Waals surface area (Å²) >= 11 is 0. The van der Waals surface area contributed by atoms with Gasteiger partial charge in [0.25, 0.3) is 6.43 Å². The van der Waals surface area contributed by atoms with Gasteiger partial charge in [-0.25, -0.2) is 17.9 Å². The SMILES string of the molecule is O=P(O)(OCC(F)(F)F)OCC(F)(F)F.O=P(O)(OCC(F)F)OC(CC(F)(F)F)C(F)(F)C(F)(F)CC(F)(F)F. The van der Waals surface area contributed by atoms with Crippen molar-refractivity contribution in [1.82, 2.24) is 0 Å². The lowest BCUT2D eigenvalue weighted by Gasteiger charge is -2.34. The summed E-state index contributed by atoms with van der Waals surface area (Å²) in [7, 11) is -11.5. The molecule has 0 aromatic carbocycles. The molecule has 2 N–H and O–H groups in total. The lowest BCUT2D eigenvalue weighted by Crippen LogP contribution is -2.53. The van der Waals surface area contributed by atoms with Crippen molar-refractivity contribution in [3.63, 3.8) is 0 Å². The van der Waals surface area contributed by atoms with Crippen LogP contribution in [0.2, 0.25) is 0 Å². The zero-order chi connectivity index (χ0) is 33.5. The predicted molar refractivity (Wildman–Crippen MR) is 91.7 cm³/mol. The van der Waals surface area contributed by atoms with Gasteiger partial charge in [-0.05, 0) is 0 Å². The maximum atomic E-state index is 13.5. The second kappa shape index (κ2) is 14.6. The Balaban J connectivity index is 0. The van der Waals surface area contributed by atoms with Gasteiger partial charge in [0.15, 0.2) is 13.2 Å². The van der Waals surface area contributed by atoms with E-state index in [0.717, 1.165) is 0 Å². The first-order valence-electron chi connectivity index (χ1n) is 9.18. The minimum atomic E-state index is -6.27. The molecule has 41 heavy (non-hydrogen) atoms. The molecule has 0 spiro atoms. The van der Waals surface area contributed by atoms with Crippen LogP contribution in [0, 0.1) is 0 Å². The smallest absolute Gasteiger partial charge is 0.302 e. The number of hydrogen-bond acceptors (Lipinski definition) is 6. The van der Waals surface area contributed by atoms with Crippen molar-refractivity contribution < 1.29 is 116 Å². The van der Waals surface area contributed by atoms with Crippen LogP contribution in [0.4, 0.5) is 79.0 Å². The number of hydrogen-bond donors (Lipinski definition) is 2. The van der Waals surface area contributed by atoms with Gasteiger partial charge in [-0.15, -0.1) is 0 Å². The van der Waals surface area contributed by atoms with Gasteiger partial charge in [-0.1, -0.05) is 0 Å². The third kappa shape index (κ3) is 21.3. The van der Waals surface area contributed by atoms with Crippen LogP contribution >= 0.6 is 15.6 Å². The van der Waals surface area contributed by atoms with Gasteiger partial charge in [-0.2, -0.15) is 70.2 Å². The van der Waals surface area contributed by atoms with Gasteiger partial charge in [-0.3, -0.25) is 18.1 Å². The molecule has 0 amide bonds. The Morgan fingerprint density at radius 1 is 0.585 bits per heavy atom. The van der Waals surface area contributed by atoms with Crippen LogP contribution in [0.1, 0.15) is 12.8 Å². The summed E-state index contributed by atoms with van der Waals surface area (Å²) in [6.45, 7) is -6.35. The van der Waals surface area contributed by atoms with E-state index in [9.17, 15) is 88.2 Å². The number of alkyl halides is 18. The quantitative estimate of drug-likeness (QED) is 0.154. The number of halogens is 18. The first-order chi connectivity index (χ1) is 17.6. The molecule has 0 bridgehead atoms. The van der Waals surface area contributed by atoms with Crippen molar-refractivity contribution in [2.45, 2.75) is 61.9 Å². The minimum Gasteiger partial charge on any atom is -0.302 e. The highest BCUT2D eigenvalue weighted by molar-refractivity contribution is 7.47. The molecular weight excluding hydrogens is 688 g/mol. The van der Waals surface area contributed by atoms with E-state index in [1.54, 1.807) is 0 Å². The van der Waals surface area contributed by atoms with Crippen molar-refractivity contribution in [2.24, 2.45) is 0 Å². The molecule has 0 saturated heterocycles. The van der Waals surface area contributed by atoms with E-state index in [1.807, 2.05) is 0 Å². The normalized spacial score (nSPS) is 16.7. The van der Waals surface area contributed by atoms with Gasteiger partial charge in [0.2, 0.25) is 0 Å².